The largest absolute Gasteiger partial charge is 0.430 e. The molecule has 1 aliphatic rings. The van der Waals surface area contributed by atoms with Crippen molar-refractivity contribution in [3.63, 3.8) is 0 Å². The third-order valence-electron chi connectivity index (χ3n) is 2.47. The summed E-state index contributed by atoms with van der Waals surface area (Å²) in [7, 11) is 0. The molecule has 0 aromatic carbocycles. The van der Waals surface area contributed by atoms with Gasteiger partial charge in [0.15, 0.2) is 0 Å². The van der Waals surface area contributed by atoms with Gasteiger partial charge in [-0.1, -0.05) is 6.08 Å². The summed E-state index contributed by atoms with van der Waals surface area (Å²) in [5.41, 5.74) is 3.36. The van der Waals surface area contributed by atoms with Crippen molar-refractivity contribution in [2.45, 2.75) is 24.4 Å². The number of halogens is 6. The Balaban J connectivity index is 3.51. The van der Waals surface area contributed by atoms with E-state index in [4.69, 9.17) is 16.6 Å². The first-order chi connectivity index (χ1) is 8.39. The normalized spacial score (nSPS) is 18.4. The molecule has 1 rings (SSSR count). The summed E-state index contributed by atoms with van der Waals surface area (Å²) in [6.07, 6.45) is -10.1. The Bertz CT molecular complexity index is 444. The summed E-state index contributed by atoms with van der Waals surface area (Å²) in [5.74, 6) is 0. The zero-order valence-corrected chi connectivity index (χ0v) is 9.31. The van der Waals surface area contributed by atoms with E-state index in [1.54, 1.807) is 0 Å². The van der Waals surface area contributed by atoms with Gasteiger partial charge in [-0.2, -0.15) is 26.3 Å². The topological polar surface area (TPSA) is 72.3 Å². The first kappa shape index (κ1) is 15.4. The number of aliphatic hydroxyl groups is 1. The Kier molecular flexibility index (Phi) is 3.63. The van der Waals surface area contributed by atoms with Crippen LogP contribution in [0, 0.1) is 0 Å². The van der Waals surface area contributed by atoms with Gasteiger partial charge < -0.3 is 16.6 Å². The van der Waals surface area contributed by atoms with Gasteiger partial charge in [-0.05, 0) is 12.2 Å². The molecule has 0 atom stereocenters. The average Bonchev–Trinajstić information content (AvgIpc) is 2.36. The quantitative estimate of drug-likeness (QED) is 0.645. The van der Waals surface area contributed by atoms with Crippen molar-refractivity contribution in [1.29, 1.82) is 0 Å². The van der Waals surface area contributed by atoms with Gasteiger partial charge in [-0.25, -0.2) is 0 Å². The van der Waals surface area contributed by atoms with Crippen molar-refractivity contribution in [1.82, 2.24) is 0 Å². The monoisotopic (exact) mass is 288 g/mol. The number of nitrogens with two attached hydrogens (primary N) is 2. The Labute approximate surface area is 103 Å². The molecule has 0 heterocycles. The number of rotatable bonds is 1. The van der Waals surface area contributed by atoms with Crippen LogP contribution in [0.3, 0.4) is 0 Å². The third-order valence-corrected chi connectivity index (χ3v) is 2.47. The lowest BCUT2D eigenvalue weighted by Gasteiger charge is -2.33. The van der Waals surface area contributed by atoms with Crippen LogP contribution in [0.25, 0.3) is 0 Å². The molecule has 0 aromatic rings. The second kappa shape index (κ2) is 4.48. The minimum atomic E-state index is -5.96. The van der Waals surface area contributed by atoms with Crippen LogP contribution in [-0.4, -0.2) is 23.1 Å². The predicted octanol–water partition coefficient (Wildman–Crippen LogP) is 1.86. The number of hydrogen-bond donors (Lipinski definition) is 3. The van der Waals surface area contributed by atoms with Gasteiger partial charge in [0.1, 0.15) is 0 Å². The molecule has 0 spiro atoms. The van der Waals surface area contributed by atoms with E-state index in [-0.39, 0.29) is 17.8 Å². The molecule has 0 fully saturated rings. The molecular weight excluding hydrogens is 278 g/mol. The summed E-state index contributed by atoms with van der Waals surface area (Å²) in [5, 5.41) is 9.17. The van der Waals surface area contributed by atoms with Gasteiger partial charge in [0.2, 0.25) is 0 Å². The molecule has 1 aliphatic carbocycles. The minimum absolute atomic E-state index is 0.113. The van der Waals surface area contributed by atoms with Crippen molar-refractivity contribution >= 4 is 0 Å². The van der Waals surface area contributed by atoms with Crippen LogP contribution in [0.2, 0.25) is 0 Å². The van der Waals surface area contributed by atoms with Crippen molar-refractivity contribution in [3.8, 4) is 0 Å². The van der Waals surface area contributed by atoms with Gasteiger partial charge in [0, 0.05) is 23.4 Å². The van der Waals surface area contributed by atoms with E-state index in [2.05, 4.69) is 0 Å². The van der Waals surface area contributed by atoms with E-state index in [9.17, 15) is 26.3 Å². The van der Waals surface area contributed by atoms with Crippen molar-refractivity contribution in [2.24, 2.45) is 11.5 Å². The molecule has 19 heavy (non-hydrogen) atoms. The highest BCUT2D eigenvalue weighted by molar-refractivity contribution is 5.42. The fraction of sp³-hybridized carbons (Fsp3) is 0.400. The molecule has 0 radical (unpaired) electrons. The number of alkyl halides is 6. The fourth-order valence-electron chi connectivity index (χ4n) is 1.47. The average molecular weight is 288 g/mol. The lowest BCUT2D eigenvalue weighted by molar-refractivity contribution is -0.350. The van der Waals surface area contributed by atoms with Crippen LogP contribution in [0.4, 0.5) is 26.3 Å². The van der Waals surface area contributed by atoms with Crippen LogP contribution < -0.4 is 11.5 Å². The maximum atomic E-state index is 12.6. The van der Waals surface area contributed by atoms with E-state index < -0.39 is 23.5 Å². The SMILES string of the molecule is NC1=CCC(N)=CC(C(O)(C(F)(F)F)C(F)(F)F)=C1. The van der Waals surface area contributed by atoms with Gasteiger partial charge >= 0.3 is 12.4 Å². The molecule has 0 aliphatic heterocycles. The summed E-state index contributed by atoms with van der Waals surface area (Å²) in [4.78, 5) is 0. The summed E-state index contributed by atoms with van der Waals surface area (Å²) in [6.45, 7) is 0. The molecule has 0 saturated heterocycles. The maximum absolute atomic E-state index is 12.6. The molecule has 0 aromatic heterocycles. The van der Waals surface area contributed by atoms with Gasteiger partial charge in [-0.3, -0.25) is 0 Å². The standard InChI is InChI=1S/C10H10F6N2O/c11-9(12,13)8(19,10(14,15)16)5-3-6(17)1-2-7(18)4-5/h1,3-4,19H,2,17-18H2. The van der Waals surface area contributed by atoms with Gasteiger partial charge in [0.25, 0.3) is 5.60 Å². The minimum Gasteiger partial charge on any atom is -0.402 e. The highest BCUT2D eigenvalue weighted by Gasteiger charge is 2.72. The van der Waals surface area contributed by atoms with Crippen LogP contribution in [0.1, 0.15) is 6.42 Å². The van der Waals surface area contributed by atoms with Crippen LogP contribution in [0.5, 0.6) is 0 Å². The number of allylic oxidation sites excluding steroid dienone is 2. The van der Waals surface area contributed by atoms with Gasteiger partial charge in [0.05, 0.1) is 0 Å². The molecule has 0 bridgehead atoms. The van der Waals surface area contributed by atoms with E-state index in [1.807, 2.05) is 0 Å². The zero-order chi connectivity index (χ0) is 15.1. The molecule has 5 N–H and O–H groups in total. The Hall–Kier alpha value is -1.64. The predicted molar refractivity (Wildman–Crippen MR) is 54.3 cm³/mol. The zero-order valence-electron chi connectivity index (χ0n) is 9.31. The number of hydrogen-bond acceptors (Lipinski definition) is 3. The van der Waals surface area contributed by atoms with Crippen LogP contribution in [0.15, 0.2) is 35.2 Å². The summed E-state index contributed by atoms with van der Waals surface area (Å²) >= 11 is 0. The van der Waals surface area contributed by atoms with Crippen molar-refractivity contribution in [3.05, 3.63) is 35.2 Å². The molecule has 108 valence electrons. The molecule has 0 unspecified atom stereocenters. The summed E-state index contributed by atoms with van der Waals surface area (Å²) < 4.78 is 75.8. The van der Waals surface area contributed by atoms with E-state index in [0.717, 1.165) is 6.08 Å². The maximum Gasteiger partial charge on any atom is 0.430 e. The van der Waals surface area contributed by atoms with E-state index >= 15 is 0 Å². The van der Waals surface area contributed by atoms with E-state index in [0.29, 0.717) is 12.2 Å². The molecule has 0 saturated carbocycles. The fourth-order valence-corrected chi connectivity index (χ4v) is 1.47. The summed E-state index contributed by atoms with van der Waals surface area (Å²) in [6, 6.07) is 0. The third kappa shape index (κ3) is 2.70. The second-order valence-corrected chi connectivity index (χ2v) is 3.93. The van der Waals surface area contributed by atoms with Crippen LogP contribution >= 0.6 is 0 Å². The van der Waals surface area contributed by atoms with E-state index in [1.165, 1.54) is 0 Å². The van der Waals surface area contributed by atoms with Crippen LogP contribution in [-0.2, 0) is 0 Å². The molecule has 3 nitrogen and oxygen atoms in total. The Morgan fingerprint density at radius 3 is 1.84 bits per heavy atom. The van der Waals surface area contributed by atoms with Crippen molar-refractivity contribution < 1.29 is 31.4 Å². The molecular formula is C10H10F6N2O. The second-order valence-electron chi connectivity index (χ2n) is 3.93. The first-order valence-corrected chi connectivity index (χ1v) is 4.89. The molecule has 0 amide bonds. The smallest absolute Gasteiger partial charge is 0.402 e. The lowest BCUT2D eigenvalue weighted by Crippen LogP contribution is -2.58. The lowest BCUT2D eigenvalue weighted by atomic mass is 9.90. The highest BCUT2D eigenvalue weighted by atomic mass is 19.4. The Morgan fingerprint density at radius 1 is 0.947 bits per heavy atom. The molecule has 9 heteroatoms. The Morgan fingerprint density at radius 2 is 1.42 bits per heavy atom. The highest BCUT2D eigenvalue weighted by Crippen LogP contribution is 2.48. The first-order valence-electron chi connectivity index (χ1n) is 4.89. The van der Waals surface area contributed by atoms with Crippen molar-refractivity contribution in [2.75, 3.05) is 0 Å². The van der Waals surface area contributed by atoms with Gasteiger partial charge in [-0.15, -0.1) is 0 Å².